The number of hydrogen-bond acceptors (Lipinski definition) is 4. The molecule has 2 unspecified atom stereocenters. The van der Waals surface area contributed by atoms with Crippen molar-refractivity contribution in [3.05, 3.63) is 0 Å². The molecule has 2 fully saturated rings. The molecule has 0 aromatic carbocycles. The van der Waals surface area contributed by atoms with Crippen molar-refractivity contribution in [1.82, 2.24) is 9.91 Å². The minimum absolute atomic E-state index is 0.0388. The molecule has 0 bridgehead atoms. The Bertz CT molecular complexity index is 266. The summed E-state index contributed by atoms with van der Waals surface area (Å²) in [5.74, 6) is 5.17. The number of piperidine rings is 1. The smallest absolute Gasteiger partial charge is 0.234 e. The van der Waals surface area contributed by atoms with Crippen LogP contribution in [-0.2, 0) is 9.59 Å². The largest absolute Gasteiger partial charge is 0.285 e. The summed E-state index contributed by atoms with van der Waals surface area (Å²) in [7, 11) is 1.55. The van der Waals surface area contributed by atoms with Gasteiger partial charge in [0.15, 0.2) is 0 Å². The van der Waals surface area contributed by atoms with E-state index in [1.165, 1.54) is 4.90 Å². The lowest BCUT2D eigenvalue weighted by atomic mass is 9.88. The fourth-order valence-corrected chi connectivity index (χ4v) is 2.13. The zero-order chi connectivity index (χ0) is 9.59. The highest BCUT2D eigenvalue weighted by Gasteiger charge is 2.47. The van der Waals surface area contributed by atoms with Gasteiger partial charge in [0.05, 0.1) is 11.8 Å². The number of hydrazine groups is 1. The fraction of sp³-hybridized carbons (Fsp3) is 0.750. The number of carbonyl (C=O) groups is 2. The molecule has 2 aliphatic rings. The van der Waals surface area contributed by atoms with Crippen LogP contribution in [0.2, 0.25) is 0 Å². The molecule has 2 heterocycles. The van der Waals surface area contributed by atoms with Gasteiger partial charge in [0.25, 0.3) is 0 Å². The molecule has 5 heteroatoms. The molecule has 2 N–H and O–H groups in total. The van der Waals surface area contributed by atoms with Gasteiger partial charge < -0.3 is 0 Å². The number of likely N-dealkylation sites (tertiary alicyclic amines) is 1. The van der Waals surface area contributed by atoms with Gasteiger partial charge in [0.1, 0.15) is 0 Å². The first-order valence-electron chi connectivity index (χ1n) is 4.42. The Kier molecular flexibility index (Phi) is 1.85. The minimum Gasteiger partial charge on any atom is -0.285 e. The first-order valence-corrected chi connectivity index (χ1v) is 4.42. The third kappa shape index (κ3) is 1.15. The summed E-state index contributed by atoms with van der Waals surface area (Å²) in [5, 5.41) is 1.62. The van der Waals surface area contributed by atoms with Gasteiger partial charge in [0, 0.05) is 20.1 Å². The van der Waals surface area contributed by atoms with Crippen LogP contribution in [0.5, 0.6) is 0 Å². The maximum Gasteiger partial charge on any atom is 0.234 e. The molecule has 2 amide bonds. The average Bonchev–Trinajstić information content (AvgIpc) is 2.32. The normalized spacial score (nSPS) is 35.4. The second-order valence-corrected chi connectivity index (χ2v) is 3.73. The Morgan fingerprint density at radius 3 is 2.62 bits per heavy atom. The Morgan fingerprint density at radius 2 is 1.92 bits per heavy atom. The number of rotatable bonds is 0. The molecule has 13 heavy (non-hydrogen) atoms. The van der Waals surface area contributed by atoms with Crippen molar-refractivity contribution in [2.24, 2.45) is 17.7 Å². The summed E-state index contributed by atoms with van der Waals surface area (Å²) in [5.41, 5.74) is 0. The molecule has 72 valence electrons. The molecule has 2 aliphatic heterocycles. The molecule has 0 radical (unpaired) electrons. The number of imide groups is 1. The molecule has 0 spiro atoms. The zero-order valence-corrected chi connectivity index (χ0v) is 7.56. The maximum absolute atomic E-state index is 11.5. The second kappa shape index (κ2) is 2.78. The van der Waals surface area contributed by atoms with Gasteiger partial charge in [-0.15, -0.1) is 0 Å². The zero-order valence-electron chi connectivity index (χ0n) is 7.56. The quantitative estimate of drug-likeness (QED) is 0.378. The molecule has 2 atom stereocenters. The van der Waals surface area contributed by atoms with E-state index in [0.717, 1.165) is 0 Å². The van der Waals surface area contributed by atoms with Crippen molar-refractivity contribution in [2.75, 3.05) is 20.1 Å². The summed E-state index contributed by atoms with van der Waals surface area (Å²) in [6.07, 6.45) is 0.704. The van der Waals surface area contributed by atoms with Crippen molar-refractivity contribution in [1.29, 1.82) is 0 Å². The van der Waals surface area contributed by atoms with Crippen LogP contribution in [0.25, 0.3) is 0 Å². The predicted octanol–water partition coefficient (Wildman–Crippen LogP) is -1.20. The summed E-state index contributed by atoms with van der Waals surface area (Å²) in [4.78, 5) is 24.3. The first-order chi connectivity index (χ1) is 6.11. The molecular formula is C8H13N3O2. The van der Waals surface area contributed by atoms with E-state index in [-0.39, 0.29) is 23.7 Å². The second-order valence-electron chi connectivity index (χ2n) is 3.73. The average molecular weight is 183 g/mol. The molecule has 0 aromatic heterocycles. The summed E-state index contributed by atoms with van der Waals surface area (Å²) >= 11 is 0. The summed E-state index contributed by atoms with van der Waals surface area (Å²) in [6.45, 7) is 1.22. The van der Waals surface area contributed by atoms with Crippen molar-refractivity contribution in [3.8, 4) is 0 Å². The molecule has 2 rings (SSSR count). The van der Waals surface area contributed by atoms with Crippen LogP contribution in [0.3, 0.4) is 0 Å². The Balaban J connectivity index is 2.22. The number of nitrogens with two attached hydrogens (primary N) is 1. The van der Waals surface area contributed by atoms with Crippen molar-refractivity contribution in [2.45, 2.75) is 6.42 Å². The Morgan fingerprint density at radius 1 is 1.31 bits per heavy atom. The predicted molar refractivity (Wildman–Crippen MR) is 45.1 cm³/mol. The van der Waals surface area contributed by atoms with Crippen LogP contribution in [0.4, 0.5) is 0 Å². The number of carbonyl (C=O) groups excluding carboxylic acids is 2. The van der Waals surface area contributed by atoms with Crippen LogP contribution in [-0.4, -0.2) is 41.9 Å². The lowest BCUT2D eigenvalue weighted by molar-refractivity contribution is -0.138. The molecule has 0 aromatic rings. The fourth-order valence-electron chi connectivity index (χ4n) is 2.13. The summed E-state index contributed by atoms with van der Waals surface area (Å²) < 4.78 is 0. The highest BCUT2D eigenvalue weighted by Crippen LogP contribution is 2.31. The van der Waals surface area contributed by atoms with Gasteiger partial charge in [-0.2, -0.15) is 0 Å². The van der Waals surface area contributed by atoms with Gasteiger partial charge >= 0.3 is 0 Å². The molecule has 5 nitrogen and oxygen atoms in total. The standard InChI is InChI=1S/C8H13N3O2/c1-10-7(12)5-2-3-11(9)4-6(5)8(10)13/h5-6H,2-4,9H2,1H3. The highest BCUT2D eigenvalue weighted by molar-refractivity contribution is 6.05. The number of hydrogen-bond donors (Lipinski definition) is 1. The number of amides is 2. The van der Waals surface area contributed by atoms with Crippen LogP contribution in [0.1, 0.15) is 6.42 Å². The van der Waals surface area contributed by atoms with Crippen LogP contribution in [0.15, 0.2) is 0 Å². The third-order valence-corrected chi connectivity index (χ3v) is 2.94. The van der Waals surface area contributed by atoms with E-state index >= 15 is 0 Å². The van der Waals surface area contributed by atoms with Crippen molar-refractivity contribution < 1.29 is 9.59 Å². The molecule has 0 saturated carbocycles. The van der Waals surface area contributed by atoms with Gasteiger partial charge in [0.2, 0.25) is 11.8 Å². The molecule has 2 saturated heterocycles. The van der Waals surface area contributed by atoms with Gasteiger partial charge in [-0.1, -0.05) is 0 Å². The lowest BCUT2D eigenvalue weighted by Crippen LogP contribution is -2.45. The van der Waals surface area contributed by atoms with E-state index in [0.29, 0.717) is 19.5 Å². The monoisotopic (exact) mass is 183 g/mol. The topological polar surface area (TPSA) is 66.6 Å². The third-order valence-electron chi connectivity index (χ3n) is 2.94. The Labute approximate surface area is 76.4 Å². The maximum atomic E-state index is 11.5. The van der Waals surface area contributed by atoms with E-state index in [2.05, 4.69) is 0 Å². The van der Waals surface area contributed by atoms with Crippen molar-refractivity contribution in [3.63, 3.8) is 0 Å². The van der Waals surface area contributed by atoms with E-state index in [4.69, 9.17) is 5.84 Å². The number of fused-ring (bicyclic) bond motifs is 1. The molecular weight excluding hydrogens is 170 g/mol. The first kappa shape index (κ1) is 8.65. The number of nitrogens with zero attached hydrogens (tertiary/aromatic N) is 2. The van der Waals surface area contributed by atoms with Crippen molar-refractivity contribution >= 4 is 11.8 Å². The van der Waals surface area contributed by atoms with Gasteiger partial charge in [-0.05, 0) is 6.42 Å². The summed E-state index contributed by atoms with van der Waals surface area (Å²) in [6, 6.07) is 0. The van der Waals surface area contributed by atoms with E-state index in [1.807, 2.05) is 0 Å². The van der Waals surface area contributed by atoms with E-state index in [1.54, 1.807) is 12.1 Å². The van der Waals surface area contributed by atoms with E-state index in [9.17, 15) is 9.59 Å². The lowest BCUT2D eigenvalue weighted by Gasteiger charge is -2.28. The van der Waals surface area contributed by atoms with Crippen LogP contribution < -0.4 is 5.84 Å². The minimum atomic E-state index is -0.198. The van der Waals surface area contributed by atoms with E-state index < -0.39 is 0 Å². The Hall–Kier alpha value is -0.940. The van der Waals surface area contributed by atoms with Crippen LogP contribution in [0, 0.1) is 11.8 Å². The SMILES string of the molecule is CN1C(=O)C2CCN(N)CC2C1=O. The molecule has 0 aliphatic carbocycles. The van der Waals surface area contributed by atoms with Gasteiger partial charge in [-0.3, -0.25) is 20.3 Å². The highest BCUT2D eigenvalue weighted by atomic mass is 16.2. The van der Waals surface area contributed by atoms with Crippen LogP contribution >= 0.6 is 0 Å². The van der Waals surface area contributed by atoms with Gasteiger partial charge in [-0.25, -0.2) is 5.01 Å².